The van der Waals surface area contributed by atoms with Crippen LogP contribution in [0.4, 0.5) is 0 Å². The molecule has 1 N–H and O–H groups in total. The predicted molar refractivity (Wildman–Crippen MR) is 240 cm³/mol. The number of nitrogens with one attached hydrogen (secondary N) is 1. The Morgan fingerprint density at radius 1 is 0.579 bits per heavy atom. The first kappa shape index (κ1) is 34.1. The Bertz CT molecular complexity index is 3030. The number of nitrogens with zero attached hydrogens (tertiary/aromatic N) is 3. The quantitative estimate of drug-likeness (QED) is 0.155. The van der Waals surface area contributed by atoms with E-state index in [1.807, 2.05) is 18.2 Å². The number of para-hydroxylation sites is 3. The third kappa shape index (κ3) is 5.99. The molecule has 0 bridgehead atoms. The normalized spacial score (nSPS) is 14.2. The first-order chi connectivity index (χ1) is 28.2. The van der Waals surface area contributed by atoms with Gasteiger partial charge in [-0.15, -0.1) is 0 Å². The van der Waals surface area contributed by atoms with Crippen LogP contribution in [-0.4, -0.2) is 15.0 Å². The Hall–Kier alpha value is -7.43. The van der Waals surface area contributed by atoms with E-state index in [1.54, 1.807) is 0 Å². The molecule has 1 aliphatic heterocycles. The Morgan fingerprint density at radius 3 is 2.02 bits per heavy atom. The maximum Gasteiger partial charge on any atom is 0.134 e. The summed E-state index contributed by atoms with van der Waals surface area (Å²) in [7, 11) is 0. The number of aromatic nitrogens is 2. The lowest BCUT2D eigenvalue weighted by Gasteiger charge is -2.24. The fourth-order valence-electron chi connectivity index (χ4n) is 8.47. The van der Waals surface area contributed by atoms with Crippen molar-refractivity contribution in [2.75, 3.05) is 0 Å². The second-order valence-corrected chi connectivity index (χ2v) is 14.5. The maximum atomic E-state index is 5.16. The molecule has 0 aliphatic carbocycles. The zero-order chi connectivity index (χ0) is 38.3. The molecule has 1 aliphatic rings. The zero-order valence-electron chi connectivity index (χ0n) is 31.7. The number of hydrogen-bond acceptors (Lipinski definition) is 2. The van der Waals surface area contributed by atoms with Crippen molar-refractivity contribution in [3.63, 3.8) is 0 Å². The Balaban J connectivity index is 1.11. The number of hydrogen-bond donors (Lipinski definition) is 1. The molecule has 0 saturated carbocycles. The molecule has 0 saturated heterocycles. The molecule has 0 amide bonds. The highest BCUT2D eigenvalue weighted by atomic mass is 15.1. The average Bonchev–Trinajstić information content (AvgIpc) is 3.77. The lowest BCUT2D eigenvalue weighted by molar-refractivity contribution is 0.781. The van der Waals surface area contributed by atoms with Crippen LogP contribution >= 0.6 is 0 Å². The molecule has 0 fully saturated rings. The minimum absolute atomic E-state index is 0.00751. The summed E-state index contributed by atoms with van der Waals surface area (Å²) in [5.74, 6) is 0.852. The van der Waals surface area contributed by atoms with E-state index in [0.717, 1.165) is 50.8 Å². The van der Waals surface area contributed by atoms with Crippen molar-refractivity contribution in [1.82, 2.24) is 14.5 Å². The van der Waals surface area contributed by atoms with Crippen LogP contribution in [0.15, 0.2) is 206 Å². The van der Waals surface area contributed by atoms with Gasteiger partial charge in [0.2, 0.25) is 0 Å². The van der Waals surface area contributed by atoms with E-state index in [-0.39, 0.29) is 6.04 Å². The van der Waals surface area contributed by atoms with E-state index in [0.29, 0.717) is 0 Å². The summed E-state index contributed by atoms with van der Waals surface area (Å²) in [6.45, 7) is 6.18. The van der Waals surface area contributed by atoms with Crippen molar-refractivity contribution in [2.24, 2.45) is 4.99 Å². The first-order valence-corrected chi connectivity index (χ1v) is 19.5. The van der Waals surface area contributed by atoms with Crippen molar-refractivity contribution in [1.29, 1.82) is 0 Å². The highest BCUT2D eigenvalue weighted by Gasteiger charge is 2.22. The molecular weight excluding hydrogens is 693 g/mol. The van der Waals surface area contributed by atoms with Gasteiger partial charge in [0.1, 0.15) is 5.84 Å². The van der Waals surface area contributed by atoms with Gasteiger partial charge in [0.05, 0.1) is 28.3 Å². The van der Waals surface area contributed by atoms with Crippen molar-refractivity contribution in [3.8, 4) is 22.5 Å². The lowest BCUT2D eigenvalue weighted by atomic mass is 10.00. The fourth-order valence-corrected chi connectivity index (χ4v) is 8.47. The predicted octanol–water partition coefficient (Wildman–Crippen LogP) is 13.0. The SMILES string of the molecule is C=C/C=C\c1c(C)n(-c2ccc(C3=NC(c4ccccc4)=CC(c4ccccc4)N3)cc2)c2cc(-c3cccc4c5ccccc5n(-c5ccccc5)c34)ccc12. The Morgan fingerprint density at radius 2 is 1.25 bits per heavy atom. The van der Waals surface area contributed by atoms with Gasteiger partial charge in [0.25, 0.3) is 0 Å². The van der Waals surface area contributed by atoms with Crippen molar-refractivity contribution in [3.05, 3.63) is 229 Å². The standard InChI is InChI=1S/C53H40N4/c1-3-4-23-43-36(2)56(42-31-28-39(29-32-42)53-54-48(37-17-8-5-9-18-37)35-49(55-53)38-19-10-6-11-20-38)51-34-40(30-33-46(43)51)44-25-16-26-47-45-24-14-15-27-50(45)57(52(44)47)41-21-12-7-13-22-41/h3-35,48H,1H2,2H3,(H,54,55)/b23-4-. The number of fused-ring (bicyclic) bond motifs is 4. The molecule has 10 rings (SSSR count). The summed E-state index contributed by atoms with van der Waals surface area (Å²) in [5.41, 5.74) is 14.8. The molecule has 7 aromatic carbocycles. The zero-order valence-corrected chi connectivity index (χ0v) is 31.7. The van der Waals surface area contributed by atoms with Crippen LogP contribution in [0.1, 0.15) is 34.0 Å². The van der Waals surface area contributed by atoms with Crippen LogP contribution in [0.25, 0.3) is 67.0 Å². The summed E-state index contributed by atoms with van der Waals surface area (Å²) in [6, 6.07) is 62.8. The van der Waals surface area contributed by atoms with Crippen LogP contribution < -0.4 is 5.32 Å². The minimum Gasteiger partial charge on any atom is -0.359 e. The van der Waals surface area contributed by atoms with Crippen LogP contribution in [-0.2, 0) is 0 Å². The summed E-state index contributed by atoms with van der Waals surface area (Å²) in [6.07, 6.45) is 8.25. The second kappa shape index (κ2) is 14.3. The highest BCUT2D eigenvalue weighted by molar-refractivity contribution is 6.14. The number of aliphatic imine (C=N–C) groups is 1. The van der Waals surface area contributed by atoms with Crippen molar-refractivity contribution < 1.29 is 0 Å². The van der Waals surface area contributed by atoms with E-state index >= 15 is 0 Å². The molecule has 272 valence electrons. The second-order valence-electron chi connectivity index (χ2n) is 14.5. The average molecular weight is 733 g/mol. The largest absolute Gasteiger partial charge is 0.359 e. The first-order valence-electron chi connectivity index (χ1n) is 19.5. The summed E-state index contributed by atoms with van der Waals surface area (Å²) >= 11 is 0. The monoisotopic (exact) mass is 732 g/mol. The van der Waals surface area contributed by atoms with E-state index in [9.17, 15) is 0 Å². The van der Waals surface area contributed by atoms with E-state index < -0.39 is 0 Å². The van der Waals surface area contributed by atoms with Crippen molar-refractivity contribution in [2.45, 2.75) is 13.0 Å². The molecule has 4 nitrogen and oxygen atoms in total. The van der Waals surface area contributed by atoms with Crippen LogP contribution in [0.2, 0.25) is 0 Å². The summed E-state index contributed by atoms with van der Waals surface area (Å²) in [4.78, 5) is 5.16. The number of benzene rings is 7. The third-order valence-electron chi connectivity index (χ3n) is 11.1. The van der Waals surface area contributed by atoms with Crippen LogP contribution in [0.5, 0.6) is 0 Å². The summed E-state index contributed by atoms with van der Waals surface area (Å²) < 4.78 is 4.80. The minimum atomic E-state index is -0.00751. The fraction of sp³-hybridized carbons (Fsp3) is 0.0377. The topological polar surface area (TPSA) is 34.2 Å². The molecule has 3 heterocycles. The van der Waals surface area contributed by atoms with Gasteiger partial charge in [-0.3, -0.25) is 0 Å². The van der Waals surface area contributed by atoms with E-state index in [1.165, 1.54) is 43.9 Å². The molecule has 0 radical (unpaired) electrons. The maximum absolute atomic E-state index is 5.16. The lowest BCUT2D eigenvalue weighted by Crippen LogP contribution is -2.31. The van der Waals surface area contributed by atoms with E-state index in [4.69, 9.17) is 4.99 Å². The van der Waals surface area contributed by atoms with Gasteiger partial charge in [0, 0.05) is 49.9 Å². The smallest absolute Gasteiger partial charge is 0.134 e. The molecular formula is C53H40N4. The van der Waals surface area contributed by atoms with Gasteiger partial charge in [-0.1, -0.05) is 152 Å². The molecule has 2 aromatic heterocycles. The number of rotatable bonds is 8. The molecule has 1 unspecified atom stereocenters. The van der Waals surface area contributed by atoms with Gasteiger partial charge < -0.3 is 14.5 Å². The Labute approximate surface area is 332 Å². The van der Waals surface area contributed by atoms with E-state index in [2.05, 4.69) is 210 Å². The highest BCUT2D eigenvalue weighted by Crippen LogP contribution is 2.40. The van der Waals surface area contributed by atoms with Crippen LogP contribution in [0, 0.1) is 6.92 Å². The molecule has 1 atom stereocenters. The van der Waals surface area contributed by atoms with Crippen LogP contribution in [0.3, 0.4) is 0 Å². The molecule has 57 heavy (non-hydrogen) atoms. The van der Waals surface area contributed by atoms with Gasteiger partial charge in [-0.05, 0) is 78.2 Å². The van der Waals surface area contributed by atoms with Gasteiger partial charge >= 0.3 is 0 Å². The summed E-state index contributed by atoms with van der Waals surface area (Å²) in [5, 5.41) is 7.40. The molecule has 4 heteroatoms. The van der Waals surface area contributed by atoms with Gasteiger partial charge in [0.15, 0.2) is 0 Å². The molecule has 0 spiro atoms. The van der Waals surface area contributed by atoms with Gasteiger partial charge in [-0.2, -0.15) is 0 Å². The molecule has 9 aromatic rings. The van der Waals surface area contributed by atoms with Crippen molar-refractivity contribution >= 4 is 50.3 Å². The van der Waals surface area contributed by atoms with Gasteiger partial charge in [-0.25, -0.2) is 4.99 Å². The number of allylic oxidation sites excluding steroid dienone is 2. The number of amidine groups is 1. The third-order valence-corrected chi connectivity index (χ3v) is 11.1. The Kier molecular flexibility index (Phi) is 8.57.